The maximum absolute atomic E-state index is 5.50. The van der Waals surface area contributed by atoms with E-state index in [0.29, 0.717) is 63.0 Å². The minimum atomic E-state index is 0. The van der Waals surface area contributed by atoms with Gasteiger partial charge in [-0.25, -0.2) is 0 Å². The molecule has 0 fully saturated rings. The number of oxazole rings is 5. The summed E-state index contributed by atoms with van der Waals surface area (Å²) in [5.74, 6) is 4.22. The Morgan fingerprint density at radius 3 is 0.801 bits per heavy atom. The molecule has 0 aliphatic carbocycles. The van der Waals surface area contributed by atoms with Gasteiger partial charge >= 0.3 is 0 Å². The van der Waals surface area contributed by atoms with Gasteiger partial charge in [-0.15, -0.1) is 60.7 Å². The molecule has 0 spiro atoms. The normalized spacial score (nSPS) is 10.9. The molecular weight excluding hydrogens is 2590 g/mol. The summed E-state index contributed by atoms with van der Waals surface area (Å²) >= 11 is 0. The van der Waals surface area contributed by atoms with Crippen molar-refractivity contribution in [2.45, 2.75) is 88.0 Å². The van der Waals surface area contributed by atoms with E-state index in [1.807, 2.05) is 133 Å². The van der Waals surface area contributed by atoms with Crippen molar-refractivity contribution in [3.63, 3.8) is 0 Å². The average molecular weight is 2680 g/mol. The Kier molecular flexibility index (Phi) is 31.5. The summed E-state index contributed by atoms with van der Waals surface area (Å²) in [6.07, 6.45) is 15.0. The van der Waals surface area contributed by atoms with Gasteiger partial charge < -0.3 is 22.1 Å². The molecule has 136 heavy (non-hydrogen) atoms. The van der Waals surface area contributed by atoms with Gasteiger partial charge in [0.05, 0.1) is 85.5 Å². The second kappa shape index (κ2) is 43.7. The maximum atomic E-state index is 5.50. The molecule has 0 saturated heterocycles. The Morgan fingerprint density at radius 2 is 0.500 bits per heavy atom. The van der Waals surface area contributed by atoms with E-state index in [1.54, 1.807) is 31.6 Å². The molecule has 0 atom stereocenters. The number of hydrogen-bond acceptors (Lipinski definition) is 20. The van der Waals surface area contributed by atoms with E-state index in [2.05, 4.69) is 303 Å². The van der Waals surface area contributed by atoms with Gasteiger partial charge in [-0.05, 0) is 139 Å². The minimum absolute atomic E-state index is 0. The van der Waals surface area contributed by atoms with E-state index in [1.165, 1.54) is 59.8 Å². The Bertz CT molecular complexity index is 7880. The number of hydrogen-bond donors (Lipinski definition) is 0. The Balaban J connectivity index is 0.000000136. The number of aromatic nitrogens is 20. The zero-order valence-corrected chi connectivity index (χ0v) is 87.0. The first-order chi connectivity index (χ1) is 64.1. The van der Waals surface area contributed by atoms with Gasteiger partial charge in [0.15, 0.2) is 32.0 Å². The number of para-hydroxylation sites is 3. The molecule has 0 bridgehead atoms. The molecule has 0 amide bonds. The fraction of sp³-hybridized carbons (Fsp3) is 0.123. The van der Waals surface area contributed by atoms with E-state index in [4.69, 9.17) is 22.1 Å². The summed E-state index contributed by atoms with van der Waals surface area (Å²) in [5.41, 5.74) is 33.5. The van der Waals surface area contributed by atoms with Crippen LogP contribution in [0.2, 0.25) is 0 Å². The predicted octanol–water partition coefficient (Wildman–Crippen LogP) is 23.8. The molecule has 10 aromatic heterocycles. The molecule has 687 valence electrons. The Morgan fingerprint density at radius 1 is 0.243 bits per heavy atom. The summed E-state index contributed by atoms with van der Waals surface area (Å²) in [6.45, 7) is 23.4. The van der Waals surface area contributed by atoms with E-state index in [9.17, 15) is 0 Å². The van der Waals surface area contributed by atoms with Crippen LogP contribution in [0.4, 0.5) is 0 Å². The van der Waals surface area contributed by atoms with Gasteiger partial charge in [-0.2, -0.15) is 25.5 Å². The standard InChI is InChI=1S/C27H17N4O.C23H17N4O.C21H21N4O.C18H15N4O.C17H13N4O.5Ir/c1-3-9-19(10-4-1)21-13-7-14-22(20-11-5-2-6-12-20)26(21)31-27(28-17-30-31)23-15-8-16-24-25(23)29-18-32-24;1-15-11-18(17-7-4-3-5-8-17)12-16(2)22(15)27-23(24-13-26-27)19-9-6-10-20-21(19)25-14-28-20;1-13(2)15-7-5-8-16(14(3)4)20(15)25-21(22-11-24-25)17-9-6-10-18-19(17)23-12-26-18;1-11-7-12(2)17(13(3)8-11)22-18(19-9-21-22)14-5-4-6-15-16(14)20-10-23-15;1-11-5-3-6-12(2)16(11)21-17(18-9-20-21)13-7-4-8-14-15(13)19-10-22-14;;;;;/h1-14,16-18H;3-8,10-14H,1-2H3;5-8,10-14H,1-4H3;4,6-10H,1-3H3;3-6,8-10H,1-2H3;;;;;/q5*-1;;;;;. The van der Waals surface area contributed by atoms with Crippen LogP contribution in [0.3, 0.4) is 0 Å². The largest absolute Gasteiger partial charge is 0.464 e. The van der Waals surface area contributed by atoms with Crippen LogP contribution in [0, 0.1) is 78.8 Å². The molecule has 23 aromatic rings. The molecule has 10 heterocycles. The predicted molar refractivity (Wildman–Crippen MR) is 504 cm³/mol. The third-order valence-corrected chi connectivity index (χ3v) is 22.6. The van der Waals surface area contributed by atoms with Crippen molar-refractivity contribution in [3.05, 3.63) is 375 Å². The van der Waals surface area contributed by atoms with Gasteiger partial charge in [-0.3, -0.25) is 73.2 Å². The fourth-order valence-electron chi connectivity index (χ4n) is 16.8. The molecule has 5 radical (unpaired) electrons. The molecule has 0 unspecified atom stereocenters. The van der Waals surface area contributed by atoms with E-state index >= 15 is 0 Å². The third-order valence-electron chi connectivity index (χ3n) is 22.6. The van der Waals surface area contributed by atoms with E-state index in [0.717, 1.165) is 145 Å². The first-order valence-electron chi connectivity index (χ1n) is 42.5. The van der Waals surface area contributed by atoms with Crippen molar-refractivity contribution in [1.82, 2.24) is 98.7 Å². The topological polar surface area (TPSA) is 284 Å². The molecule has 0 aliphatic heterocycles. The SMILES string of the molecule is CC(C)c1cccc(C(C)C)c1-n1ncnc1-c1[c-]ccc2ocnc12.Cc1cc(-c2ccccc2)cc(C)c1-n1ncnc1-c1[c-]ccc2ocnc12.Cc1cc(C)c(-n2ncnc2-c2[c-]ccc3ocnc23)c(C)c1.Cc1cccc(C)c1-n1ncnc1-c1[c-]ccc2ocnc12.[Ir].[Ir].[Ir].[Ir].[Ir].[c-]1ccc2ocnc2c1-c1ncnn1-c1c(-c2ccccc2)cccc1-c1ccccc1. The Hall–Kier alpha value is -13.8. The Labute approximate surface area is 850 Å². The van der Waals surface area contributed by atoms with Crippen molar-refractivity contribution in [2.75, 3.05) is 0 Å². The van der Waals surface area contributed by atoms with Crippen LogP contribution in [-0.4, -0.2) is 98.7 Å². The second-order valence-corrected chi connectivity index (χ2v) is 31.9. The van der Waals surface area contributed by atoms with Crippen LogP contribution in [0.5, 0.6) is 0 Å². The number of nitrogens with zero attached hydrogens (tertiary/aromatic N) is 20. The van der Waals surface area contributed by atoms with Gasteiger partial charge in [0, 0.05) is 139 Å². The first-order valence-corrected chi connectivity index (χ1v) is 42.5. The van der Waals surface area contributed by atoms with Gasteiger partial charge in [0.25, 0.3) is 0 Å². The number of rotatable bonds is 15. The third kappa shape index (κ3) is 19.7. The van der Waals surface area contributed by atoms with Gasteiger partial charge in [0.1, 0.15) is 31.6 Å². The summed E-state index contributed by atoms with van der Waals surface area (Å²) in [7, 11) is 0. The smallest absolute Gasteiger partial charge is 0.170 e. The van der Waals surface area contributed by atoms with Crippen LogP contribution in [0.25, 0.3) is 174 Å². The number of fused-ring (bicyclic) bond motifs is 5. The molecule has 30 heteroatoms. The molecular formula is C106H83Ir5N20O5-5. The molecule has 13 aromatic carbocycles. The first kappa shape index (κ1) is 98.2. The second-order valence-electron chi connectivity index (χ2n) is 31.9. The summed E-state index contributed by atoms with van der Waals surface area (Å²) in [5, 5.41) is 22.6. The van der Waals surface area contributed by atoms with Crippen molar-refractivity contribution >= 4 is 55.5 Å². The van der Waals surface area contributed by atoms with Crippen molar-refractivity contribution < 1.29 is 123 Å². The molecule has 0 N–H and O–H groups in total. The zero-order chi connectivity index (χ0) is 89.8. The van der Waals surface area contributed by atoms with Crippen LogP contribution >= 0.6 is 0 Å². The fourth-order valence-corrected chi connectivity index (χ4v) is 16.8. The average Bonchev–Trinajstić information content (AvgIpc) is 1.61. The van der Waals surface area contributed by atoms with Gasteiger partial charge in [-0.1, -0.05) is 249 Å². The quantitative estimate of drug-likeness (QED) is 0.0862. The molecule has 23 rings (SSSR count). The van der Waals surface area contributed by atoms with Crippen LogP contribution in [0.1, 0.15) is 89.6 Å². The van der Waals surface area contributed by atoms with Crippen molar-refractivity contribution in [1.29, 1.82) is 0 Å². The van der Waals surface area contributed by atoms with Crippen molar-refractivity contribution in [3.8, 4) is 119 Å². The summed E-state index contributed by atoms with van der Waals surface area (Å²) in [4.78, 5) is 44.1. The summed E-state index contributed by atoms with van der Waals surface area (Å²) in [6, 6.07) is 93.1. The molecule has 0 saturated carbocycles. The summed E-state index contributed by atoms with van der Waals surface area (Å²) < 4.78 is 36.5. The molecule has 0 aliphatic rings. The van der Waals surface area contributed by atoms with Gasteiger partial charge in [0.2, 0.25) is 0 Å². The van der Waals surface area contributed by atoms with E-state index in [-0.39, 0.29) is 101 Å². The molecule has 25 nitrogen and oxygen atoms in total. The monoisotopic (exact) mass is 2680 g/mol. The van der Waals surface area contributed by atoms with Crippen molar-refractivity contribution in [2.24, 2.45) is 0 Å². The van der Waals surface area contributed by atoms with Crippen LogP contribution in [-0.2, 0) is 101 Å². The number of aryl methyl sites for hydroxylation is 7. The minimum Gasteiger partial charge on any atom is -0.464 e. The maximum Gasteiger partial charge on any atom is 0.170 e. The van der Waals surface area contributed by atoms with Crippen LogP contribution in [0.15, 0.2) is 316 Å². The zero-order valence-electron chi connectivity index (χ0n) is 75.0. The van der Waals surface area contributed by atoms with E-state index < -0.39 is 0 Å². The van der Waals surface area contributed by atoms with Crippen LogP contribution < -0.4 is 0 Å². The number of benzene rings is 13.